The minimum atomic E-state index is 0.551. The maximum absolute atomic E-state index is 4.97. The predicted molar refractivity (Wildman–Crippen MR) is 78.3 cm³/mol. The normalized spacial score (nSPS) is 20.1. The van der Waals surface area contributed by atoms with Crippen molar-refractivity contribution in [2.24, 2.45) is 5.92 Å². The van der Waals surface area contributed by atoms with E-state index in [1.165, 1.54) is 0 Å². The molecular formula is C16H23NO. The van der Waals surface area contributed by atoms with Crippen LogP contribution in [-0.2, 0) is 4.74 Å². The van der Waals surface area contributed by atoms with Gasteiger partial charge >= 0.3 is 0 Å². The Kier molecular flexibility index (Phi) is 7.65. The van der Waals surface area contributed by atoms with Crippen molar-refractivity contribution < 1.29 is 4.74 Å². The fourth-order valence-corrected chi connectivity index (χ4v) is 1.69. The van der Waals surface area contributed by atoms with Crippen molar-refractivity contribution >= 4 is 0 Å². The molecule has 1 aliphatic rings. The van der Waals surface area contributed by atoms with E-state index in [1.807, 2.05) is 19.1 Å². The first-order valence-corrected chi connectivity index (χ1v) is 6.42. The molecule has 1 N–H and O–H groups in total. The zero-order valence-electron chi connectivity index (χ0n) is 11.3. The highest BCUT2D eigenvalue weighted by Crippen LogP contribution is 2.12. The topological polar surface area (TPSA) is 21.3 Å². The zero-order valence-corrected chi connectivity index (χ0v) is 11.3. The van der Waals surface area contributed by atoms with E-state index in [1.54, 1.807) is 7.11 Å². The van der Waals surface area contributed by atoms with Crippen LogP contribution in [0, 0.1) is 5.92 Å². The van der Waals surface area contributed by atoms with Gasteiger partial charge in [-0.3, -0.25) is 0 Å². The van der Waals surface area contributed by atoms with Crippen LogP contribution in [0.15, 0.2) is 60.4 Å². The Morgan fingerprint density at radius 2 is 2.28 bits per heavy atom. The summed E-state index contributed by atoms with van der Waals surface area (Å²) in [6, 6.07) is 0. The molecule has 0 heterocycles. The van der Waals surface area contributed by atoms with Gasteiger partial charge in [0.25, 0.3) is 0 Å². The molecule has 1 aliphatic carbocycles. The Hall–Kier alpha value is -1.54. The van der Waals surface area contributed by atoms with Gasteiger partial charge in [0.05, 0.1) is 6.61 Å². The van der Waals surface area contributed by atoms with Crippen molar-refractivity contribution in [3.05, 3.63) is 60.4 Å². The maximum Gasteiger partial charge on any atom is 0.0647 e. The number of allylic oxidation sites excluding steroid dienone is 7. The lowest BCUT2D eigenvalue weighted by atomic mass is 10.0. The van der Waals surface area contributed by atoms with Gasteiger partial charge in [-0.25, -0.2) is 0 Å². The molecule has 18 heavy (non-hydrogen) atoms. The lowest BCUT2D eigenvalue weighted by Gasteiger charge is -2.07. The van der Waals surface area contributed by atoms with Gasteiger partial charge in [-0.1, -0.05) is 48.6 Å². The van der Waals surface area contributed by atoms with Crippen molar-refractivity contribution in [1.29, 1.82) is 0 Å². The van der Waals surface area contributed by atoms with E-state index in [-0.39, 0.29) is 0 Å². The van der Waals surface area contributed by atoms with E-state index in [0.29, 0.717) is 12.5 Å². The average molecular weight is 245 g/mol. The number of hydrogen-bond acceptors (Lipinski definition) is 2. The molecule has 0 saturated carbocycles. The lowest BCUT2D eigenvalue weighted by Crippen LogP contribution is -2.11. The predicted octanol–water partition coefficient (Wildman–Crippen LogP) is 3.37. The molecule has 0 aromatic rings. The van der Waals surface area contributed by atoms with Crippen LogP contribution in [0.3, 0.4) is 0 Å². The standard InChI is InChI=1S/C16H23NO/c1-3-16(12-8-14-18-2)17-13-7-11-15-9-5-4-6-10-15/h3-9,11-12,15,17H,10,13-14H2,1-2H3/b11-7+,12-8-,16-3+. The zero-order chi connectivity index (χ0) is 13.1. The first kappa shape index (κ1) is 14.5. The molecule has 0 aromatic carbocycles. The number of rotatable bonds is 7. The molecule has 0 aliphatic heterocycles. The van der Waals surface area contributed by atoms with E-state index in [0.717, 1.165) is 18.7 Å². The summed E-state index contributed by atoms with van der Waals surface area (Å²) in [5, 5.41) is 3.36. The second kappa shape index (κ2) is 9.49. The maximum atomic E-state index is 4.97. The highest BCUT2D eigenvalue weighted by molar-refractivity contribution is 5.18. The van der Waals surface area contributed by atoms with Gasteiger partial charge in [0, 0.05) is 19.4 Å². The molecule has 2 heteroatoms. The fraction of sp³-hybridized carbons (Fsp3) is 0.375. The smallest absolute Gasteiger partial charge is 0.0647 e. The van der Waals surface area contributed by atoms with E-state index in [2.05, 4.69) is 47.8 Å². The van der Waals surface area contributed by atoms with Crippen LogP contribution in [0.5, 0.6) is 0 Å². The molecule has 1 atom stereocenters. The van der Waals surface area contributed by atoms with Crippen LogP contribution in [0.1, 0.15) is 13.3 Å². The Morgan fingerprint density at radius 1 is 1.39 bits per heavy atom. The highest BCUT2D eigenvalue weighted by atomic mass is 16.5. The first-order valence-electron chi connectivity index (χ1n) is 6.42. The highest BCUT2D eigenvalue weighted by Gasteiger charge is 1.98. The Morgan fingerprint density at radius 3 is 2.94 bits per heavy atom. The minimum absolute atomic E-state index is 0.551. The monoisotopic (exact) mass is 245 g/mol. The number of nitrogens with one attached hydrogen (secondary N) is 1. The summed E-state index contributed by atoms with van der Waals surface area (Å²) in [6.07, 6.45) is 20.3. The number of hydrogen-bond donors (Lipinski definition) is 1. The summed E-state index contributed by atoms with van der Waals surface area (Å²) in [6.45, 7) is 3.52. The summed E-state index contributed by atoms with van der Waals surface area (Å²) >= 11 is 0. The molecule has 0 fully saturated rings. The second-order valence-corrected chi connectivity index (χ2v) is 4.12. The lowest BCUT2D eigenvalue weighted by molar-refractivity contribution is 0.234. The third-order valence-electron chi connectivity index (χ3n) is 2.69. The van der Waals surface area contributed by atoms with Crippen LogP contribution in [0.25, 0.3) is 0 Å². The van der Waals surface area contributed by atoms with E-state index < -0.39 is 0 Å². The quantitative estimate of drug-likeness (QED) is 0.548. The van der Waals surface area contributed by atoms with Gasteiger partial charge in [0.15, 0.2) is 0 Å². The molecule has 2 nitrogen and oxygen atoms in total. The first-order chi connectivity index (χ1) is 8.86. The number of ether oxygens (including phenoxy) is 1. The molecule has 0 saturated heterocycles. The van der Waals surface area contributed by atoms with Gasteiger partial charge in [-0.15, -0.1) is 0 Å². The second-order valence-electron chi connectivity index (χ2n) is 4.12. The summed E-state index contributed by atoms with van der Waals surface area (Å²) < 4.78 is 4.97. The molecule has 1 unspecified atom stereocenters. The molecule has 0 spiro atoms. The van der Waals surface area contributed by atoms with Gasteiger partial charge in [-0.2, -0.15) is 0 Å². The minimum Gasteiger partial charge on any atom is -0.382 e. The fourth-order valence-electron chi connectivity index (χ4n) is 1.69. The van der Waals surface area contributed by atoms with Crippen LogP contribution >= 0.6 is 0 Å². The third kappa shape index (κ3) is 6.26. The average Bonchev–Trinajstić information content (AvgIpc) is 2.43. The molecule has 98 valence electrons. The molecular weight excluding hydrogens is 222 g/mol. The van der Waals surface area contributed by atoms with E-state index in [9.17, 15) is 0 Å². The van der Waals surface area contributed by atoms with Gasteiger partial charge in [-0.05, 0) is 25.3 Å². The summed E-state index contributed by atoms with van der Waals surface area (Å²) in [7, 11) is 1.70. The van der Waals surface area contributed by atoms with E-state index >= 15 is 0 Å². The van der Waals surface area contributed by atoms with Crippen molar-refractivity contribution in [3.63, 3.8) is 0 Å². The van der Waals surface area contributed by atoms with Crippen molar-refractivity contribution in [3.8, 4) is 0 Å². The van der Waals surface area contributed by atoms with Crippen LogP contribution in [0.4, 0.5) is 0 Å². The molecule has 0 bridgehead atoms. The van der Waals surface area contributed by atoms with E-state index in [4.69, 9.17) is 4.74 Å². The van der Waals surface area contributed by atoms with Gasteiger partial charge in [0.2, 0.25) is 0 Å². The Bertz CT molecular complexity index is 361. The summed E-state index contributed by atoms with van der Waals surface area (Å²) in [4.78, 5) is 0. The Labute approximate surface area is 110 Å². The molecule has 0 amide bonds. The third-order valence-corrected chi connectivity index (χ3v) is 2.69. The van der Waals surface area contributed by atoms with Gasteiger partial charge < -0.3 is 10.1 Å². The van der Waals surface area contributed by atoms with Crippen molar-refractivity contribution in [2.75, 3.05) is 20.3 Å². The number of methoxy groups -OCH3 is 1. The van der Waals surface area contributed by atoms with Crippen LogP contribution in [0.2, 0.25) is 0 Å². The van der Waals surface area contributed by atoms with Crippen LogP contribution in [-0.4, -0.2) is 20.3 Å². The summed E-state index contributed by atoms with van der Waals surface area (Å²) in [5.41, 5.74) is 1.12. The largest absolute Gasteiger partial charge is 0.382 e. The van der Waals surface area contributed by atoms with Crippen LogP contribution < -0.4 is 5.32 Å². The SMILES string of the molecule is C/C=C(\C=C/COC)NC/C=C/C1C=CC=CC1. The van der Waals surface area contributed by atoms with Crippen molar-refractivity contribution in [2.45, 2.75) is 13.3 Å². The summed E-state index contributed by atoms with van der Waals surface area (Å²) in [5.74, 6) is 0.551. The molecule has 0 aromatic heterocycles. The Balaban J connectivity index is 2.25. The van der Waals surface area contributed by atoms with Gasteiger partial charge in [0.1, 0.15) is 0 Å². The van der Waals surface area contributed by atoms with Crippen molar-refractivity contribution in [1.82, 2.24) is 5.32 Å². The molecule has 0 radical (unpaired) electrons. The molecule has 1 rings (SSSR count).